The normalized spacial score (nSPS) is 11.9. The average molecular weight is 495 g/mol. The van der Waals surface area contributed by atoms with E-state index < -0.39 is 0 Å². The number of ether oxygens (including phenoxy) is 3. The summed E-state index contributed by atoms with van der Waals surface area (Å²) in [5.41, 5.74) is 1.87. The van der Waals surface area contributed by atoms with Gasteiger partial charge in [-0.2, -0.15) is 0 Å². The highest BCUT2D eigenvalue weighted by Crippen LogP contribution is 2.33. The zero-order valence-corrected chi connectivity index (χ0v) is 20.7. The van der Waals surface area contributed by atoms with Crippen molar-refractivity contribution >= 4 is 23.2 Å². The summed E-state index contributed by atoms with van der Waals surface area (Å²) in [6, 6.07) is 19.3. The van der Waals surface area contributed by atoms with Crippen molar-refractivity contribution in [1.29, 1.82) is 0 Å². The Morgan fingerprint density at radius 2 is 1.74 bits per heavy atom. The molecule has 0 atom stereocenters. The maximum Gasteiger partial charge on any atom is 0.242 e. The fourth-order valence-corrected chi connectivity index (χ4v) is 4.64. The molecule has 1 aliphatic heterocycles. The fourth-order valence-electron chi connectivity index (χ4n) is 3.92. The van der Waals surface area contributed by atoms with E-state index in [4.69, 9.17) is 14.2 Å². The third-order valence-corrected chi connectivity index (χ3v) is 6.60. The smallest absolute Gasteiger partial charge is 0.242 e. The van der Waals surface area contributed by atoms with Gasteiger partial charge in [-0.05, 0) is 41.1 Å². The SMILES string of the molecule is COCCCN(CC(=O)N(Cc1ccc2c(c1)OCO2)Cc1cccs1)C(=O)Cc1ccccc1. The van der Waals surface area contributed by atoms with Gasteiger partial charge in [-0.1, -0.05) is 42.5 Å². The van der Waals surface area contributed by atoms with E-state index in [9.17, 15) is 9.59 Å². The van der Waals surface area contributed by atoms with Crippen LogP contribution in [0.4, 0.5) is 0 Å². The summed E-state index contributed by atoms with van der Waals surface area (Å²) < 4.78 is 16.1. The van der Waals surface area contributed by atoms with Gasteiger partial charge in [-0.15, -0.1) is 11.3 Å². The van der Waals surface area contributed by atoms with Gasteiger partial charge in [0.15, 0.2) is 11.5 Å². The molecule has 0 aliphatic carbocycles. The molecule has 2 heterocycles. The lowest BCUT2D eigenvalue weighted by Gasteiger charge is -2.28. The number of methoxy groups -OCH3 is 1. The number of rotatable bonds is 12. The first-order valence-corrected chi connectivity index (χ1v) is 12.5. The molecule has 0 bridgehead atoms. The van der Waals surface area contributed by atoms with Crippen molar-refractivity contribution in [3.8, 4) is 11.5 Å². The van der Waals surface area contributed by atoms with Gasteiger partial charge >= 0.3 is 0 Å². The summed E-state index contributed by atoms with van der Waals surface area (Å²) in [4.78, 5) is 31.2. The zero-order valence-electron chi connectivity index (χ0n) is 19.9. The molecule has 0 N–H and O–H groups in total. The van der Waals surface area contributed by atoms with Gasteiger partial charge < -0.3 is 24.0 Å². The molecule has 0 radical (unpaired) electrons. The monoisotopic (exact) mass is 494 g/mol. The van der Waals surface area contributed by atoms with E-state index in [-0.39, 0.29) is 31.6 Å². The molecule has 0 spiro atoms. The van der Waals surface area contributed by atoms with Crippen LogP contribution in [-0.4, -0.2) is 55.2 Å². The highest BCUT2D eigenvalue weighted by molar-refractivity contribution is 7.09. The molecule has 7 nitrogen and oxygen atoms in total. The Hall–Kier alpha value is -3.36. The van der Waals surface area contributed by atoms with Crippen molar-refractivity contribution in [3.05, 3.63) is 82.0 Å². The van der Waals surface area contributed by atoms with Crippen molar-refractivity contribution in [1.82, 2.24) is 9.80 Å². The molecule has 0 unspecified atom stereocenters. The minimum Gasteiger partial charge on any atom is -0.454 e. The van der Waals surface area contributed by atoms with Crippen LogP contribution < -0.4 is 9.47 Å². The molecule has 0 saturated carbocycles. The van der Waals surface area contributed by atoms with Gasteiger partial charge in [0.1, 0.15) is 0 Å². The molecule has 35 heavy (non-hydrogen) atoms. The van der Waals surface area contributed by atoms with E-state index >= 15 is 0 Å². The number of hydrogen-bond acceptors (Lipinski definition) is 6. The maximum atomic E-state index is 13.6. The van der Waals surface area contributed by atoms with Crippen LogP contribution in [0.25, 0.3) is 0 Å². The Bertz CT molecular complexity index is 1100. The molecule has 4 rings (SSSR count). The van der Waals surface area contributed by atoms with Crippen molar-refractivity contribution < 1.29 is 23.8 Å². The third-order valence-electron chi connectivity index (χ3n) is 5.74. The predicted octanol–water partition coefficient (Wildman–Crippen LogP) is 4.11. The van der Waals surface area contributed by atoms with E-state index in [2.05, 4.69) is 0 Å². The first-order chi connectivity index (χ1) is 17.1. The summed E-state index contributed by atoms with van der Waals surface area (Å²) in [5.74, 6) is 1.22. The molecular formula is C27H30N2O5S. The van der Waals surface area contributed by atoms with Crippen molar-refractivity contribution in [2.24, 2.45) is 0 Å². The number of hydrogen-bond donors (Lipinski definition) is 0. The number of carbonyl (C=O) groups is 2. The number of nitrogens with zero attached hydrogens (tertiary/aromatic N) is 2. The number of thiophene rings is 1. The van der Waals surface area contributed by atoms with Gasteiger partial charge in [0.25, 0.3) is 0 Å². The second-order valence-corrected chi connectivity index (χ2v) is 9.37. The van der Waals surface area contributed by atoms with E-state index in [1.165, 1.54) is 0 Å². The molecule has 0 saturated heterocycles. The lowest BCUT2D eigenvalue weighted by atomic mass is 10.1. The minimum atomic E-state index is -0.102. The van der Waals surface area contributed by atoms with Crippen LogP contribution in [0, 0.1) is 0 Å². The second-order valence-electron chi connectivity index (χ2n) is 8.34. The summed E-state index contributed by atoms with van der Waals surface area (Å²) in [6.07, 6.45) is 0.922. The van der Waals surface area contributed by atoms with E-state index in [1.807, 2.05) is 66.0 Å². The van der Waals surface area contributed by atoms with Gasteiger partial charge in [0.05, 0.1) is 19.5 Å². The van der Waals surface area contributed by atoms with E-state index in [1.54, 1.807) is 28.2 Å². The Balaban J connectivity index is 1.49. The van der Waals surface area contributed by atoms with Crippen LogP contribution in [0.15, 0.2) is 66.0 Å². The Morgan fingerprint density at radius 1 is 0.914 bits per heavy atom. The molecule has 8 heteroatoms. The van der Waals surface area contributed by atoms with E-state index in [0.717, 1.165) is 16.0 Å². The van der Waals surface area contributed by atoms with Crippen LogP contribution in [0.2, 0.25) is 0 Å². The summed E-state index contributed by atoms with van der Waals surface area (Å²) in [7, 11) is 1.63. The minimum absolute atomic E-state index is 0.0192. The number of amides is 2. The van der Waals surface area contributed by atoms with Crippen molar-refractivity contribution in [2.45, 2.75) is 25.9 Å². The maximum absolute atomic E-state index is 13.6. The Kier molecular flexibility index (Phi) is 8.75. The third kappa shape index (κ3) is 7.07. The topological polar surface area (TPSA) is 68.3 Å². The molecule has 0 fully saturated rings. The highest BCUT2D eigenvalue weighted by atomic mass is 32.1. The van der Waals surface area contributed by atoms with Crippen molar-refractivity contribution in [2.75, 3.05) is 33.6 Å². The molecule has 1 aromatic heterocycles. The highest BCUT2D eigenvalue weighted by Gasteiger charge is 2.23. The fraction of sp³-hybridized carbons (Fsp3) is 0.333. The second kappa shape index (κ2) is 12.4. The van der Waals surface area contributed by atoms with Gasteiger partial charge in [-0.25, -0.2) is 0 Å². The zero-order chi connectivity index (χ0) is 24.5. The molecule has 2 amide bonds. The predicted molar refractivity (Wildman–Crippen MR) is 134 cm³/mol. The van der Waals surface area contributed by atoms with Crippen LogP contribution >= 0.6 is 11.3 Å². The molecule has 184 valence electrons. The van der Waals surface area contributed by atoms with Crippen LogP contribution in [-0.2, 0) is 33.8 Å². The first kappa shape index (κ1) is 24.8. The van der Waals surface area contributed by atoms with Crippen LogP contribution in [0.3, 0.4) is 0 Å². The number of benzene rings is 2. The summed E-state index contributed by atoms with van der Waals surface area (Å²) in [5, 5.41) is 2.00. The van der Waals surface area contributed by atoms with Gasteiger partial charge in [0, 0.05) is 31.7 Å². The lowest BCUT2D eigenvalue weighted by molar-refractivity contribution is -0.141. The van der Waals surface area contributed by atoms with Gasteiger partial charge in [-0.3, -0.25) is 9.59 Å². The van der Waals surface area contributed by atoms with Crippen molar-refractivity contribution in [3.63, 3.8) is 0 Å². The first-order valence-electron chi connectivity index (χ1n) is 11.6. The standard InChI is InChI=1S/C27H30N2O5S/c1-32-13-6-12-28(26(30)16-21-7-3-2-4-8-21)19-27(31)29(18-23-9-5-14-35-23)17-22-10-11-24-25(15-22)34-20-33-24/h2-5,7-11,14-15H,6,12-13,16-20H2,1H3. The van der Waals surface area contributed by atoms with Gasteiger partial charge in [0.2, 0.25) is 18.6 Å². The molecule has 3 aromatic rings. The Labute approximate surface area is 209 Å². The van der Waals surface area contributed by atoms with Crippen LogP contribution in [0.1, 0.15) is 22.4 Å². The summed E-state index contributed by atoms with van der Waals surface area (Å²) in [6.45, 7) is 2.10. The molecular weight excluding hydrogens is 464 g/mol. The number of carbonyl (C=O) groups excluding carboxylic acids is 2. The van der Waals surface area contributed by atoms with E-state index in [0.29, 0.717) is 44.2 Å². The summed E-state index contributed by atoms with van der Waals surface area (Å²) >= 11 is 1.61. The Morgan fingerprint density at radius 3 is 2.51 bits per heavy atom. The lowest BCUT2D eigenvalue weighted by Crippen LogP contribution is -2.43. The quantitative estimate of drug-likeness (QED) is 0.355. The molecule has 2 aromatic carbocycles. The largest absolute Gasteiger partial charge is 0.454 e. The number of fused-ring (bicyclic) bond motifs is 1. The van der Waals surface area contributed by atoms with Crippen LogP contribution in [0.5, 0.6) is 11.5 Å². The average Bonchev–Trinajstić information content (AvgIpc) is 3.55. The molecule has 1 aliphatic rings.